The van der Waals surface area contributed by atoms with Gasteiger partial charge in [-0.3, -0.25) is 4.79 Å². The minimum atomic E-state index is -0.671. The van der Waals surface area contributed by atoms with Crippen LogP contribution in [0.1, 0.15) is 51.9 Å². The van der Waals surface area contributed by atoms with Gasteiger partial charge in [-0.25, -0.2) is 0 Å². The Balaban J connectivity index is 3.19. The summed E-state index contributed by atoms with van der Waals surface area (Å²) < 4.78 is 0.547. The fourth-order valence-corrected chi connectivity index (χ4v) is 1.97. The molecule has 1 unspecified atom stereocenters. The Bertz CT molecular complexity index is 137. The lowest BCUT2D eigenvalue weighted by Crippen LogP contribution is -2.02. The third kappa shape index (κ3) is 10.1. The number of carboxylic acids is 1. The largest absolute Gasteiger partial charge is 0.481 e. The van der Waals surface area contributed by atoms with Crippen molar-refractivity contribution in [2.75, 3.05) is 0 Å². The van der Waals surface area contributed by atoms with Crippen molar-refractivity contribution in [3.05, 3.63) is 0 Å². The van der Waals surface area contributed by atoms with Gasteiger partial charge in [0.1, 0.15) is 0 Å². The maximum absolute atomic E-state index is 10.3. The van der Waals surface area contributed by atoms with Crippen LogP contribution in [-0.4, -0.2) is 15.0 Å². The van der Waals surface area contributed by atoms with Gasteiger partial charge in [0.05, 0.1) is 0 Å². The van der Waals surface area contributed by atoms with Crippen molar-refractivity contribution in [3.63, 3.8) is 0 Å². The van der Waals surface area contributed by atoms with Crippen LogP contribution in [0.4, 0.5) is 0 Å². The lowest BCUT2D eigenvalue weighted by atomic mass is 10.1. The van der Waals surface area contributed by atoms with Gasteiger partial charge < -0.3 is 5.11 Å². The van der Waals surface area contributed by atoms with Crippen LogP contribution in [0.5, 0.6) is 0 Å². The van der Waals surface area contributed by atoms with Crippen LogP contribution in [0, 0.1) is 0 Å². The summed E-state index contributed by atoms with van der Waals surface area (Å²) in [5, 5.41) is 8.47. The number of rotatable bonds is 8. The predicted molar refractivity (Wildman–Crippen MR) is 63.4 cm³/mol. The second kappa shape index (κ2) is 8.78. The minimum Gasteiger partial charge on any atom is -0.481 e. The first-order valence-corrected chi connectivity index (χ1v) is 6.27. The Kier molecular flexibility index (Phi) is 8.92. The molecule has 13 heavy (non-hydrogen) atoms. The van der Waals surface area contributed by atoms with Gasteiger partial charge in [-0.15, -0.1) is 0 Å². The Morgan fingerprint density at radius 2 is 2.00 bits per heavy atom. The molecule has 0 aliphatic heterocycles. The molecule has 1 atom stereocenters. The van der Waals surface area contributed by atoms with E-state index in [0.29, 0.717) is 10.3 Å². The zero-order chi connectivity index (χ0) is 10.1. The molecule has 0 fully saturated rings. The lowest BCUT2D eigenvalue weighted by molar-refractivity contribution is -0.137. The Labute approximate surface area is 94.2 Å². The van der Waals surface area contributed by atoms with Gasteiger partial charge in [-0.2, -0.15) is 0 Å². The molecule has 0 amide bonds. The van der Waals surface area contributed by atoms with Crippen LogP contribution in [-0.2, 0) is 4.79 Å². The van der Waals surface area contributed by atoms with E-state index in [1.54, 1.807) is 0 Å². The first-order chi connectivity index (χ1) is 6.16. The second-order valence-corrected chi connectivity index (χ2v) is 5.14. The molecule has 0 saturated heterocycles. The summed E-state index contributed by atoms with van der Waals surface area (Å²) in [6.07, 6.45) is 7.44. The monoisotopic (exact) mass is 298 g/mol. The van der Waals surface area contributed by atoms with Crippen molar-refractivity contribution < 1.29 is 9.90 Å². The molecule has 0 radical (unpaired) electrons. The molecule has 0 saturated carbocycles. The molecule has 0 aromatic carbocycles. The molecule has 0 bridgehead atoms. The zero-order valence-corrected chi connectivity index (χ0v) is 10.4. The summed E-state index contributed by atoms with van der Waals surface area (Å²) in [5.74, 6) is -0.671. The number of hydrogen-bond donors (Lipinski definition) is 1. The van der Waals surface area contributed by atoms with Gasteiger partial charge in [0.2, 0.25) is 0 Å². The number of aliphatic carboxylic acids is 1. The van der Waals surface area contributed by atoms with Crippen molar-refractivity contribution in [1.29, 1.82) is 0 Å². The highest BCUT2D eigenvalue weighted by atomic mass is 127. The van der Waals surface area contributed by atoms with Crippen molar-refractivity contribution in [2.24, 2.45) is 0 Å². The number of carbonyl (C=O) groups is 1. The van der Waals surface area contributed by atoms with Crippen LogP contribution in [0.15, 0.2) is 0 Å². The first-order valence-electron chi connectivity index (χ1n) is 5.02. The molecule has 0 aliphatic carbocycles. The fourth-order valence-electron chi connectivity index (χ4n) is 1.22. The molecule has 3 heteroatoms. The van der Waals surface area contributed by atoms with Gasteiger partial charge in [0.25, 0.3) is 0 Å². The zero-order valence-electron chi connectivity index (χ0n) is 8.26. The number of halogens is 1. The van der Waals surface area contributed by atoms with E-state index >= 15 is 0 Å². The molecular formula is C10H19IO2. The van der Waals surface area contributed by atoms with E-state index in [4.69, 9.17) is 5.11 Å². The van der Waals surface area contributed by atoms with E-state index in [0.717, 1.165) is 6.42 Å². The first kappa shape index (κ1) is 13.2. The molecular weight excluding hydrogens is 279 g/mol. The smallest absolute Gasteiger partial charge is 0.303 e. The van der Waals surface area contributed by atoms with E-state index in [-0.39, 0.29) is 0 Å². The lowest BCUT2D eigenvalue weighted by Gasteiger charge is -2.07. The molecule has 0 heterocycles. The topological polar surface area (TPSA) is 37.3 Å². The second-order valence-electron chi connectivity index (χ2n) is 3.38. The summed E-state index contributed by atoms with van der Waals surface area (Å²) in [4.78, 5) is 10.3. The van der Waals surface area contributed by atoms with Crippen molar-refractivity contribution >= 4 is 28.6 Å². The van der Waals surface area contributed by atoms with Crippen molar-refractivity contribution in [3.8, 4) is 0 Å². The minimum absolute atomic E-state index is 0.321. The number of hydrogen-bond acceptors (Lipinski definition) is 1. The molecule has 1 N–H and O–H groups in total. The van der Waals surface area contributed by atoms with Gasteiger partial charge in [-0.05, 0) is 12.8 Å². The Hall–Kier alpha value is 0.200. The van der Waals surface area contributed by atoms with Crippen LogP contribution >= 0.6 is 22.6 Å². The molecule has 0 aromatic heterocycles. The average Bonchev–Trinajstić information content (AvgIpc) is 2.09. The summed E-state index contributed by atoms with van der Waals surface area (Å²) in [6.45, 7) is 2.20. The van der Waals surface area contributed by atoms with Gasteiger partial charge in [0.15, 0.2) is 0 Å². The molecule has 0 rings (SSSR count). The Morgan fingerprint density at radius 1 is 1.31 bits per heavy atom. The fraction of sp³-hybridized carbons (Fsp3) is 0.900. The molecule has 0 aromatic rings. The Morgan fingerprint density at radius 3 is 2.54 bits per heavy atom. The molecule has 2 nitrogen and oxygen atoms in total. The molecule has 78 valence electrons. The van der Waals surface area contributed by atoms with Gasteiger partial charge >= 0.3 is 5.97 Å². The van der Waals surface area contributed by atoms with Crippen LogP contribution < -0.4 is 0 Å². The highest BCUT2D eigenvalue weighted by Crippen LogP contribution is 2.17. The van der Waals surface area contributed by atoms with E-state index in [2.05, 4.69) is 29.5 Å². The van der Waals surface area contributed by atoms with Crippen molar-refractivity contribution in [2.45, 2.75) is 55.8 Å². The summed E-state index contributed by atoms with van der Waals surface area (Å²) in [7, 11) is 0. The van der Waals surface area contributed by atoms with Gasteiger partial charge in [0, 0.05) is 10.3 Å². The summed E-state index contributed by atoms with van der Waals surface area (Å²) in [6, 6.07) is 0. The van der Waals surface area contributed by atoms with Crippen LogP contribution in [0.25, 0.3) is 0 Å². The highest BCUT2D eigenvalue weighted by Gasteiger charge is 2.06. The van der Waals surface area contributed by atoms with E-state index in [9.17, 15) is 4.79 Å². The van der Waals surface area contributed by atoms with E-state index in [1.165, 1.54) is 32.1 Å². The molecule has 0 aliphatic rings. The number of alkyl halides is 1. The van der Waals surface area contributed by atoms with E-state index < -0.39 is 5.97 Å². The van der Waals surface area contributed by atoms with Crippen LogP contribution in [0.2, 0.25) is 0 Å². The third-order valence-electron chi connectivity index (χ3n) is 2.04. The third-order valence-corrected chi connectivity index (χ3v) is 3.29. The predicted octanol–water partition coefficient (Wildman–Crippen LogP) is 3.63. The summed E-state index contributed by atoms with van der Waals surface area (Å²) in [5.41, 5.74) is 0. The van der Waals surface area contributed by atoms with Gasteiger partial charge in [-0.1, -0.05) is 55.2 Å². The van der Waals surface area contributed by atoms with Crippen LogP contribution in [0.3, 0.4) is 0 Å². The molecule has 0 spiro atoms. The average molecular weight is 298 g/mol. The standard InChI is InChI=1S/C10H19IO2/c1-2-3-4-5-6-9(11)7-8-10(12)13/h9H,2-8H2,1H3,(H,12,13). The SMILES string of the molecule is CCCCCCC(I)CCC(=O)O. The maximum atomic E-state index is 10.3. The highest BCUT2D eigenvalue weighted by molar-refractivity contribution is 14.1. The summed E-state index contributed by atoms with van der Waals surface area (Å²) >= 11 is 2.36. The van der Waals surface area contributed by atoms with E-state index in [1.807, 2.05) is 0 Å². The normalized spacial score (nSPS) is 12.8. The number of unbranched alkanes of at least 4 members (excludes halogenated alkanes) is 3. The number of carboxylic acid groups (broad SMARTS) is 1. The maximum Gasteiger partial charge on any atom is 0.303 e. The quantitative estimate of drug-likeness (QED) is 0.422. The van der Waals surface area contributed by atoms with Crippen molar-refractivity contribution in [1.82, 2.24) is 0 Å².